The summed E-state index contributed by atoms with van der Waals surface area (Å²) in [4.78, 5) is 17.9. The van der Waals surface area contributed by atoms with Crippen molar-refractivity contribution < 1.29 is 18.7 Å². The number of carbonyl (C=O) groups is 1. The number of carboxylic acid groups (broad SMARTS) is 1. The molecule has 0 aliphatic heterocycles. The third kappa shape index (κ3) is 2.32. The first-order valence-electron chi connectivity index (χ1n) is 5.76. The molecule has 0 fully saturated rings. The highest BCUT2D eigenvalue weighted by Gasteiger charge is 2.18. The topological polar surface area (TPSA) is 66.0 Å². The van der Waals surface area contributed by atoms with E-state index in [1.165, 1.54) is 6.07 Å². The van der Waals surface area contributed by atoms with Crippen LogP contribution in [-0.4, -0.2) is 21.0 Å². The highest BCUT2D eigenvalue weighted by molar-refractivity contribution is 6.02. The van der Waals surface area contributed by atoms with Crippen LogP contribution in [0.5, 0.6) is 0 Å². The van der Waals surface area contributed by atoms with E-state index in [2.05, 4.69) is 16.5 Å². The third-order valence-corrected chi connectivity index (χ3v) is 2.81. The maximum Gasteiger partial charge on any atom is 0.337 e. The Balaban J connectivity index is 2.77. The molecule has 0 saturated heterocycles. The number of nitrogens with zero attached hydrogens (tertiary/aromatic N) is 1. The van der Waals surface area contributed by atoms with Crippen molar-refractivity contribution >= 4 is 22.6 Å². The van der Waals surface area contributed by atoms with Gasteiger partial charge >= 0.3 is 5.97 Å². The summed E-state index contributed by atoms with van der Waals surface area (Å²) in [6, 6.07) is 3.11. The van der Waals surface area contributed by atoms with Gasteiger partial charge < -0.3 is 10.1 Å². The maximum absolute atomic E-state index is 13.4. The SMILES string of the molecule is C=C(F)C(=C(C)F)c1nc2c(C(=O)O)cc(C)cc2[nH]1. The monoisotopic (exact) mass is 278 g/mol. The number of hydrogen-bond donors (Lipinski definition) is 2. The highest BCUT2D eigenvalue weighted by Crippen LogP contribution is 2.28. The summed E-state index contributed by atoms with van der Waals surface area (Å²) < 4.78 is 26.7. The molecule has 0 atom stereocenters. The Morgan fingerprint density at radius 3 is 2.55 bits per heavy atom. The van der Waals surface area contributed by atoms with Crippen LogP contribution in [0, 0.1) is 6.92 Å². The van der Waals surface area contributed by atoms with E-state index < -0.39 is 23.2 Å². The zero-order chi connectivity index (χ0) is 15.0. The van der Waals surface area contributed by atoms with Crippen molar-refractivity contribution in [2.24, 2.45) is 0 Å². The smallest absolute Gasteiger partial charge is 0.337 e. The number of aromatic amines is 1. The van der Waals surface area contributed by atoms with Gasteiger partial charge in [0.2, 0.25) is 0 Å². The fourth-order valence-corrected chi connectivity index (χ4v) is 2.02. The maximum atomic E-state index is 13.4. The molecule has 0 amide bonds. The average molecular weight is 278 g/mol. The minimum Gasteiger partial charge on any atom is -0.478 e. The van der Waals surface area contributed by atoms with Gasteiger partial charge in [-0.3, -0.25) is 0 Å². The minimum absolute atomic E-state index is 0.0252. The first-order valence-corrected chi connectivity index (χ1v) is 5.76. The summed E-state index contributed by atoms with van der Waals surface area (Å²) in [6.45, 7) is 5.86. The lowest BCUT2D eigenvalue weighted by atomic mass is 10.1. The molecule has 2 rings (SSSR count). The third-order valence-electron chi connectivity index (χ3n) is 2.81. The standard InChI is InChI=1S/C14H12F2N2O2/c1-6-4-9(14(19)20)12-10(5-6)17-13(18-12)11(7(2)15)8(3)16/h4-5H,2H2,1,3H3,(H,17,18)(H,19,20). The molecule has 0 bridgehead atoms. The van der Waals surface area contributed by atoms with Crippen LogP contribution in [0.4, 0.5) is 8.78 Å². The van der Waals surface area contributed by atoms with E-state index in [4.69, 9.17) is 5.11 Å². The normalized spacial score (nSPS) is 12.4. The molecule has 1 aromatic carbocycles. The molecule has 20 heavy (non-hydrogen) atoms. The lowest BCUT2D eigenvalue weighted by Crippen LogP contribution is -1.98. The van der Waals surface area contributed by atoms with E-state index in [1.54, 1.807) is 13.0 Å². The molecule has 0 radical (unpaired) electrons. The Morgan fingerprint density at radius 1 is 1.40 bits per heavy atom. The number of nitrogens with one attached hydrogen (secondary N) is 1. The fraction of sp³-hybridized carbons (Fsp3) is 0.143. The Bertz CT molecular complexity index is 756. The van der Waals surface area contributed by atoms with Crippen LogP contribution in [0.1, 0.15) is 28.7 Å². The van der Waals surface area contributed by atoms with Crippen LogP contribution >= 0.6 is 0 Å². The van der Waals surface area contributed by atoms with Crippen molar-refractivity contribution in [3.63, 3.8) is 0 Å². The zero-order valence-corrected chi connectivity index (χ0v) is 10.9. The molecule has 0 spiro atoms. The molecule has 0 unspecified atom stereocenters. The summed E-state index contributed by atoms with van der Waals surface area (Å²) in [6.07, 6.45) is 0. The predicted octanol–water partition coefficient (Wildman–Crippen LogP) is 3.75. The van der Waals surface area contributed by atoms with E-state index in [0.29, 0.717) is 11.1 Å². The van der Waals surface area contributed by atoms with Gasteiger partial charge in [0.05, 0.1) is 16.7 Å². The fourth-order valence-electron chi connectivity index (χ4n) is 2.02. The largest absolute Gasteiger partial charge is 0.478 e. The van der Waals surface area contributed by atoms with Gasteiger partial charge in [0, 0.05) is 0 Å². The molecular formula is C14H12F2N2O2. The van der Waals surface area contributed by atoms with E-state index in [-0.39, 0.29) is 16.9 Å². The van der Waals surface area contributed by atoms with Crippen molar-refractivity contribution in [1.29, 1.82) is 0 Å². The second-order valence-electron chi connectivity index (χ2n) is 4.41. The van der Waals surface area contributed by atoms with E-state index in [0.717, 1.165) is 6.92 Å². The molecular weight excluding hydrogens is 266 g/mol. The van der Waals surface area contributed by atoms with E-state index in [1.807, 2.05) is 0 Å². The number of rotatable bonds is 3. The number of aryl methyl sites for hydroxylation is 1. The van der Waals surface area contributed by atoms with Gasteiger partial charge in [0.1, 0.15) is 23.0 Å². The molecule has 4 nitrogen and oxygen atoms in total. The van der Waals surface area contributed by atoms with Crippen molar-refractivity contribution in [1.82, 2.24) is 9.97 Å². The lowest BCUT2D eigenvalue weighted by Gasteiger charge is -1.99. The molecule has 0 aliphatic carbocycles. The van der Waals surface area contributed by atoms with Crippen molar-refractivity contribution in [2.75, 3.05) is 0 Å². The Kier molecular flexibility index (Phi) is 3.40. The van der Waals surface area contributed by atoms with Gasteiger partial charge in [-0.15, -0.1) is 0 Å². The molecule has 104 valence electrons. The number of carboxylic acids is 1. The van der Waals surface area contributed by atoms with Crippen LogP contribution in [0.2, 0.25) is 0 Å². The number of H-pyrrole nitrogens is 1. The van der Waals surface area contributed by atoms with Crippen LogP contribution in [0.3, 0.4) is 0 Å². The van der Waals surface area contributed by atoms with Crippen LogP contribution in [0.15, 0.2) is 30.4 Å². The summed E-state index contributed by atoms with van der Waals surface area (Å²) in [5.41, 5.74) is 0.834. The summed E-state index contributed by atoms with van der Waals surface area (Å²) in [5, 5.41) is 9.14. The van der Waals surface area contributed by atoms with Gasteiger partial charge in [-0.2, -0.15) is 0 Å². The predicted molar refractivity (Wildman–Crippen MR) is 71.7 cm³/mol. The first-order chi connectivity index (χ1) is 9.31. The number of fused-ring (bicyclic) bond motifs is 1. The number of benzene rings is 1. The van der Waals surface area contributed by atoms with Gasteiger partial charge in [-0.05, 0) is 31.5 Å². The van der Waals surface area contributed by atoms with Crippen LogP contribution in [-0.2, 0) is 0 Å². The number of imidazole rings is 1. The molecule has 1 aromatic heterocycles. The number of aromatic carboxylic acids is 1. The number of hydrogen-bond acceptors (Lipinski definition) is 2. The average Bonchev–Trinajstić information content (AvgIpc) is 2.69. The van der Waals surface area contributed by atoms with Crippen molar-refractivity contribution in [3.05, 3.63) is 47.3 Å². The molecule has 2 N–H and O–H groups in total. The van der Waals surface area contributed by atoms with Crippen molar-refractivity contribution in [2.45, 2.75) is 13.8 Å². The quantitative estimate of drug-likeness (QED) is 0.840. The summed E-state index contributed by atoms with van der Waals surface area (Å²) >= 11 is 0. The zero-order valence-electron chi connectivity index (χ0n) is 10.9. The molecule has 6 heteroatoms. The lowest BCUT2D eigenvalue weighted by molar-refractivity contribution is 0.0698. The first kappa shape index (κ1) is 13.9. The molecule has 1 heterocycles. The summed E-state index contributed by atoms with van der Waals surface area (Å²) in [7, 11) is 0. The molecule has 0 saturated carbocycles. The Hall–Kier alpha value is -2.50. The number of halogens is 2. The van der Waals surface area contributed by atoms with Gasteiger partial charge in [0.15, 0.2) is 0 Å². The number of aromatic nitrogens is 2. The second kappa shape index (κ2) is 4.88. The number of allylic oxidation sites excluding steroid dienone is 3. The summed E-state index contributed by atoms with van der Waals surface area (Å²) in [5.74, 6) is -3.00. The van der Waals surface area contributed by atoms with Gasteiger partial charge in [-0.25, -0.2) is 18.6 Å². The second-order valence-corrected chi connectivity index (χ2v) is 4.41. The van der Waals surface area contributed by atoms with Crippen LogP contribution in [0.25, 0.3) is 16.6 Å². The van der Waals surface area contributed by atoms with Crippen LogP contribution < -0.4 is 0 Å². The Labute approximate surface area is 113 Å². The molecule has 0 aliphatic rings. The van der Waals surface area contributed by atoms with Crippen molar-refractivity contribution in [3.8, 4) is 0 Å². The molecule has 2 aromatic rings. The minimum atomic E-state index is -1.15. The van der Waals surface area contributed by atoms with E-state index >= 15 is 0 Å². The van der Waals surface area contributed by atoms with Gasteiger partial charge in [0.25, 0.3) is 0 Å². The van der Waals surface area contributed by atoms with Gasteiger partial charge in [-0.1, -0.05) is 6.58 Å². The van der Waals surface area contributed by atoms with E-state index in [9.17, 15) is 13.6 Å². The highest BCUT2D eigenvalue weighted by atomic mass is 19.1. The Morgan fingerprint density at radius 2 is 2.05 bits per heavy atom.